The fraction of sp³-hybridized carbons (Fsp3) is 0.455. The van der Waals surface area contributed by atoms with Gasteiger partial charge in [-0.25, -0.2) is 0 Å². The van der Waals surface area contributed by atoms with Crippen molar-refractivity contribution in [2.45, 2.75) is 64.1 Å². The Bertz CT molecular complexity index is 637. The molecule has 1 fully saturated rings. The highest BCUT2D eigenvalue weighted by Gasteiger charge is 2.10. The minimum absolute atomic E-state index is 0. The van der Waals surface area contributed by atoms with E-state index < -0.39 is 0 Å². The normalized spacial score (nSPS) is 15.6. The van der Waals surface area contributed by atoms with E-state index in [1.807, 2.05) is 36.4 Å². The summed E-state index contributed by atoms with van der Waals surface area (Å²) in [6, 6.07) is 16.9. The summed E-state index contributed by atoms with van der Waals surface area (Å²) in [6.45, 7) is 1.44. The van der Waals surface area contributed by atoms with Gasteiger partial charge < -0.3 is 10.1 Å². The Kier molecular flexibility index (Phi) is 9.31. The third kappa shape index (κ3) is 6.83. The molecule has 0 saturated heterocycles. The molecule has 0 radical (unpaired) electrons. The first kappa shape index (κ1) is 21.1. The number of ether oxygens (including phenoxy) is 1. The van der Waals surface area contributed by atoms with Crippen molar-refractivity contribution < 1.29 is 4.74 Å². The molecule has 2 nitrogen and oxygen atoms in total. The van der Waals surface area contributed by atoms with Crippen molar-refractivity contribution in [3.05, 3.63) is 64.7 Å². The lowest BCUT2D eigenvalue weighted by Crippen LogP contribution is -2.29. The summed E-state index contributed by atoms with van der Waals surface area (Å²) in [7, 11) is 0. The van der Waals surface area contributed by atoms with Gasteiger partial charge in [-0.2, -0.15) is 0 Å². The molecular formula is C22H29Cl2NO. The Morgan fingerprint density at radius 2 is 1.54 bits per heavy atom. The van der Waals surface area contributed by atoms with Gasteiger partial charge in [0.05, 0.1) is 0 Å². The van der Waals surface area contributed by atoms with Crippen molar-refractivity contribution in [2.75, 3.05) is 0 Å². The second-order valence-corrected chi connectivity index (χ2v) is 7.35. The highest BCUT2D eigenvalue weighted by atomic mass is 35.5. The lowest BCUT2D eigenvalue weighted by Gasteiger charge is -2.21. The number of rotatable bonds is 6. The zero-order valence-corrected chi connectivity index (χ0v) is 16.8. The first-order valence-electron chi connectivity index (χ1n) is 9.50. The lowest BCUT2D eigenvalue weighted by molar-refractivity contribution is 0.306. The van der Waals surface area contributed by atoms with Crippen molar-refractivity contribution in [3.8, 4) is 5.75 Å². The fourth-order valence-electron chi connectivity index (χ4n) is 3.40. The molecule has 0 spiro atoms. The van der Waals surface area contributed by atoms with Gasteiger partial charge in [-0.3, -0.25) is 0 Å². The molecule has 0 atom stereocenters. The zero-order chi connectivity index (χ0) is 17.3. The molecule has 2 aromatic rings. The minimum Gasteiger partial charge on any atom is -0.489 e. The van der Waals surface area contributed by atoms with E-state index >= 15 is 0 Å². The molecule has 1 saturated carbocycles. The van der Waals surface area contributed by atoms with Gasteiger partial charge in [-0.15, -0.1) is 12.4 Å². The molecule has 1 aliphatic carbocycles. The van der Waals surface area contributed by atoms with Crippen LogP contribution in [0.2, 0.25) is 5.02 Å². The van der Waals surface area contributed by atoms with Crippen molar-refractivity contribution in [2.24, 2.45) is 0 Å². The first-order chi connectivity index (χ1) is 12.3. The number of nitrogens with one attached hydrogen (secondary N) is 1. The molecule has 2 aromatic carbocycles. The van der Waals surface area contributed by atoms with Crippen LogP contribution in [0.1, 0.15) is 56.1 Å². The van der Waals surface area contributed by atoms with Crippen LogP contribution in [0.5, 0.6) is 5.75 Å². The number of halogens is 2. The first-order valence-corrected chi connectivity index (χ1v) is 9.87. The Hall–Kier alpha value is -1.22. The minimum atomic E-state index is 0. The van der Waals surface area contributed by atoms with E-state index in [2.05, 4.69) is 17.4 Å². The van der Waals surface area contributed by atoms with E-state index in [-0.39, 0.29) is 12.4 Å². The van der Waals surface area contributed by atoms with Crippen LogP contribution >= 0.6 is 24.0 Å². The van der Waals surface area contributed by atoms with Crippen LogP contribution in [0.4, 0.5) is 0 Å². The van der Waals surface area contributed by atoms with Crippen LogP contribution in [-0.2, 0) is 13.2 Å². The third-order valence-corrected chi connectivity index (χ3v) is 5.34. The van der Waals surface area contributed by atoms with Crippen molar-refractivity contribution in [3.63, 3.8) is 0 Å². The van der Waals surface area contributed by atoms with Crippen LogP contribution in [0.3, 0.4) is 0 Å². The van der Waals surface area contributed by atoms with Crippen LogP contribution < -0.4 is 10.1 Å². The summed E-state index contributed by atoms with van der Waals surface area (Å²) in [6.07, 6.45) is 9.59. The predicted molar refractivity (Wildman–Crippen MR) is 112 cm³/mol. The quantitative estimate of drug-likeness (QED) is 0.600. The average molecular weight is 394 g/mol. The van der Waals surface area contributed by atoms with Gasteiger partial charge in [0.15, 0.2) is 0 Å². The molecule has 0 aromatic heterocycles. The topological polar surface area (TPSA) is 21.3 Å². The van der Waals surface area contributed by atoms with E-state index in [1.54, 1.807) is 0 Å². The van der Waals surface area contributed by atoms with Crippen LogP contribution in [0.15, 0.2) is 48.5 Å². The predicted octanol–water partition coefficient (Wildman–Crippen LogP) is 6.54. The molecule has 1 aliphatic rings. The third-order valence-electron chi connectivity index (χ3n) is 4.98. The summed E-state index contributed by atoms with van der Waals surface area (Å²) >= 11 is 6.16. The monoisotopic (exact) mass is 393 g/mol. The fourth-order valence-corrected chi connectivity index (χ4v) is 3.59. The molecule has 3 rings (SSSR count). The molecule has 0 bridgehead atoms. The van der Waals surface area contributed by atoms with E-state index in [1.165, 1.54) is 50.5 Å². The molecule has 0 heterocycles. The molecule has 0 unspecified atom stereocenters. The van der Waals surface area contributed by atoms with Crippen molar-refractivity contribution in [1.29, 1.82) is 0 Å². The maximum absolute atomic E-state index is 6.16. The van der Waals surface area contributed by atoms with Gasteiger partial charge in [0.2, 0.25) is 0 Å². The smallest absolute Gasteiger partial charge is 0.119 e. The zero-order valence-electron chi connectivity index (χ0n) is 15.3. The highest BCUT2D eigenvalue weighted by molar-refractivity contribution is 6.31. The average Bonchev–Trinajstić information content (AvgIpc) is 2.61. The summed E-state index contributed by atoms with van der Waals surface area (Å²) in [5.41, 5.74) is 2.33. The second kappa shape index (κ2) is 11.5. The van der Waals surface area contributed by atoms with Gasteiger partial charge in [0, 0.05) is 23.2 Å². The van der Waals surface area contributed by atoms with Crippen LogP contribution in [-0.4, -0.2) is 6.04 Å². The highest BCUT2D eigenvalue weighted by Crippen LogP contribution is 2.20. The standard InChI is InChI=1S/C22H28ClNO.ClH/c23-22-11-7-6-8-19(22)17-25-21-14-12-18(13-15-21)16-24-20-9-4-2-1-3-5-10-20;/h6-8,11-15,20,24H,1-5,9-10,16-17H2;1H. The Balaban J connectivity index is 0.00000243. The van der Waals surface area contributed by atoms with E-state index in [4.69, 9.17) is 16.3 Å². The van der Waals surface area contributed by atoms with E-state index in [0.717, 1.165) is 22.9 Å². The Labute approximate surface area is 168 Å². The summed E-state index contributed by atoms with van der Waals surface area (Å²) < 4.78 is 5.85. The SMILES string of the molecule is Cl.Clc1ccccc1COc1ccc(CNC2CCCCCCC2)cc1. The molecule has 142 valence electrons. The molecule has 26 heavy (non-hydrogen) atoms. The number of hydrogen-bond acceptors (Lipinski definition) is 2. The van der Waals surface area contributed by atoms with Gasteiger partial charge in [-0.05, 0) is 36.6 Å². The maximum atomic E-state index is 6.16. The van der Waals surface area contributed by atoms with E-state index in [0.29, 0.717) is 12.6 Å². The van der Waals surface area contributed by atoms with Gasteiger partial charge in [-0.1, -0.05) is 74.0 Å². The summed E-state index contributed by atoms with van der Waals surface area (Å²) in [4.78, 5) is 0. The van der Waals surface area contributed by atoms with Crippen molar-refractivity contribution in [1.82, 2.24) is 5.32 Å². The second-order valence-electron chi connectivity index (χ2n) is 6.95. The molecule has 0 aliphatic heterocycles. The molecular weight excluding hydrogens is 365 g/mol. The van der Waals surface area contributed by atoms with Gasteiger partial charge in [0.25, 0.3) is 0 Å². The van der Waals surface area contributed by atoms with Crippen molar-refractivity contribution >= 4 is 24.0 Å². The number of benzene rings is 2. The Morgan fingerprint density at radius 3 is 2.23 bits per heavy atom. The van der Waals surface area contributed by atoms with Gasteiger partial charge >= 0.3 is 0 Å². The number of hydrogen-bond donors (Lipinski definition) is 1. The van der Waals surface area contributed by atoms with Crippen LogP contribution in [0, 0.1) is 0 Å². The van der Waals surface area contributed by atoms with Gasteiger partial charge in [0.1, 0.15) is 12.4 Å². The van der Waals surface area contributed by atoms with Crippen LogP contribution in [0.25, 0.3) is 0 Å². The summed E-state index contributed by atoms with van der Waals surface area (Å²) in [5, 5.41) is 4.48. The molecule has 1 N–H and O–H groups in total. The molecule has 4 heteroatoms. The lowest BCUT2D eigenvalue weighted by atomic mass is 9.96. The maximum Gasteiger partial charge on any atom is 0.119 e. The summed E-state index contributed by atoms with van der Waals surface area (Å²) in [5.74, 6) is 0.884. The van der Waals surface area contributed by atoms with E-state index in [9.17, 15) is 0 Å². The largest absolute Gasteiger partial charge is 0.489 e. The molecule has 0 amide bonds. The Morgan fingerprint density at radius 1 is 0.885 bits per heavy atom.